The lowest BCUT2D eigenvalue weighted by atomic mass is 10.1. The number of nitrogens with one attached hydrogen (secondary N) is 1. The summed E-state index contributed by atoms with van der Waals surface area (Å²) in [5.74, 6) is 0.106. The van der Waals surface area contributed by atoms with Crippen molar-refractivity contribution in [2.75, 3.05) is 0 Å². The molecule has 138 valence electrons. The Balaban J connectivity index is 1.88. The van der Waals surface area contributed by atoms with E-state index in [2.05, 4.69) is 20.4 Å². The number of hydrogen-bond acceptors (Lipinski definition) is 6. The second kappa shape index (κ2) is 7.64. The highest BCUT2D eigenvalue weighted by atomic mass is 19.1. The van der Waals surface area contributed by atoms with Gasteiger partial charge in [0.1, 0.15) is 17.7 Å². The van der Waals surface area contributed by atoms with Gasteiger partial charge in [-0.25, -0.2) is 14.4 Å². The Labute approximate surface area is 159 Å². The van der Waals surface area contributed by atoms with Crippen molar-refractivity contribution in [1.29, 1.82) is 10.5 Å². The highest BCUT2D eigenvalue weighted by Crippen LogP contribution is 2.16. The lowest BCUT2D eigenvalue weighted by molar-refractivity contribution is 0.0937. The molecule has 3 aromatic rings. The minimum atomic E-state index is -0.669. The first-order valence-corrected chi connectivity index (χ1v) is 8.23. The van der Waals surface area contributed by atoms with Crippen LogP contribution >= 0.6 is 0 Å². The zero-order valence-electron chi connectivity index (χ0n) is 15.0. The summed E-state index contributed by atoms with van der Waals surface area (Å²) in [6.07, 6.45) is 1.41. The fraction of sp³-hybridized carbons (Fsp3) is 0.158. The van der Waals surface area contributed by atoms with Gasteiger partial charge in [-0.15, -0.1) is 5.10 Å². The number of aromatic nitrogens is 4. The fourth-order valence-corrected chi connectivity index (χ4v) is 2.59. The van der Waals surface area contributed by atoms with Crippen LogP contribution in [0.1, 0.15) is 46.1 Å². The molecule has 1 aromatic carbocycles. The number of pyridine rings is 1. The average molecular weight is 375 g/mol. The molecule has 0 saturated heterocycles. The van der Waals surface area contributed by atoms with Crippen LogP contribution in [0.15, 0.2) is 36.5 Å². The predicted molar refractivity (Wildman–Crippen MR) is 95.6 cm³/mol. The molecule has 2 heterocycles. The summed E-state index contributed by atoms with van der Waals surface area (Å²) in [6.45, 7) is 3.40. The van der Waals surface area contributed by atoms with Crippen molar-refractivity contribution < 1.29 is 9.18 Å². The SMILES string of the molecule is Cc1nc([C@H](C)NC(=O)c2cc(F)cc(C#N)c2)n(-c2ccc(C#N)cn2)n1. The molecule has 0 fully saturated rings. The molecule has 28 heavy (non-hydrogen) atoms. The van der Waals surface area contributed by atoms with Crippen LogP contribution in [0.5, 0.6) is 0 Å². The number of halogens is 1. The highest BCUT2D eigenvalue weighted by Gasteiger charge is 2.20. The standard InChI is InChI=1S/C19H14FN7O/c1-11(24-19(28)15-5-14(9-22)6-16(20)7-15)18-25-12(2)26-27(18)17-4-3-13(8-21)10-23-17/h3-7,10-11H,1-2H3,(H,24,28)/t11-/m0/s1. The Morgan fingerprint density at radius 3 is 2.61 bits per heavy atom. The highest BCUT2D eigenvalue weighted by molar-refractivity contribution is 5.94. The summed E-state index contributed by atoms with van der Waals surface area (Å²) in [4.78, 5) is 21.0. The van der Waals surface area contributed by atoms with Crippen LogP contribution in [0.4, 0.5) is 4.39 Å². The maximum Gasteiger partial charge on any atom is 0.252 e. The van der Waals surface area contributed by atoms with Gasteiger partial charge >= 0.3 is 0 Å². The van der Waals surface area contributed by atoms with E-state index < -0.39 is 17.8 Å². The van der Waals surface area contributed by atoms with E-state index in [1.807, 2.05) is 12.1 Å². The third kappa shape index (κ3) is 3.84. The smallest absolute Gasteiger partial charge is 0.252 e. The van der Waals surface area contributed by atoms with Crippen molar-refractivity contribution in [1.82, 2.24) is 25.1 Å². The number of hydrogen-bond donors (Lipinski definition) is 1. The molecule has 8 nitrogen and oxygen atoms in total. The van der Waals surface area contributed by atoms with Gasteiger partial charge in [0.25, 0.3) is 5.91 Å². The van der Waals surface area contributed by atoms with E-state index in [0.29, 0.717) is 23.0 Å². The topological polar surface area (TPSA) is 120 Å². The van der Waals surface area contributed by atoms with Gasteiger partial charge in [-0.3, -0.25) is 4.79 Å². The molecular formula is C19H14FN7O. The van der Waals surface area contributed by atoms with Gasteiger partial charge in [-0.05, 0) is 44.2 Å². The maximum atomic E-state index is 13.6. The fourth-order valence-electron chi connectivity index (χ4n) is 2.59. The van der Waals surface area contributed by atoms with E-state index in [0.717, 1.165) is 12.1 Å². The lowest BCUT2D eigenvalue weighted by Gasteiger charge is -2.14. The van der Waals surface area contributed by atoms with Crippen LogP contribution in [0, 0.1) is 35.4 Å². The van der Waals surface area contributed by atoms with Crippen LogP contribution in [0.3, 0.4) is 0 Å². The van der Waals surface area contributed by atoms with Gasteiger partial charge in [0.15, 0.2) is 11.6 Å². The van der Waals surface area contributed by atoms with Crippen molar-refractivity contribution in [3.05, 3.63) is 70.7 Å². The van der Waals surface area contributed by atoms with Gasteiger partial charge in [-0.2, -0.15) is 15.2 Å². The summed E-state index contributed by atoms with van der Waals surface area (Å²) < 4.78 is 15.1. The first kappa shape index (κ1) is 18.7. The molecule has 3 rings (SSSR count). The van der Waals surface area contributed by atoms with Gasteiger partial charge in [-0.1, -0.05) is 0 Å². The number of benzene rings is 1. The molecule has 1 N–H and O–H groups in total. The van der Waals surface area contributed by atoms with E-state index in [1.54, 1.807) is 26.0 Å². The third-order valence-electron chi connectivity index (χ3n) is 3.86. The first-order valence-electron chi connectivity index (χ1n) is 8.23. The van der Waals surface area contributed by atoms with Crippen LogP contribution in [-0.4, -0.2) is 25.7 Å². The second-order valence-corrected chi connectivity index (χ2v) is 5.98. The Hall–Kier alpha value is -4.11. The zero-order chi connectivity index (χ0) is 20.3. The molecule has 0 bridgehead atoms. The molecule has 1 amide bonds. The van der Waals surface area contributed by atoms with Crippen LogP contribution in [-0.2, 0) is 0 Å². The zero-order valence-corrected chi connectivity index (χ0v) is 15.0. The van der Waals surface area contributed by atoms with E-state index in [-0.39, 0.29) is 11.1 Å². The second-order valence-electron chi connectivity index (χ2n) is 5.98. The molecule has 9 heteroatoms. The van der Waals surface area contributed by atoms with Gasteiger partial charge in [0.05, 0.1) is 23.2 Å². The quantitative estimate of drug-likeness (QED) is 0.747. The summed E-state index contributed by atoms with van der Waals surface area (Å²) in [5, 5.41) is 24.8. The molecule has 0 saturated carbocycles. The first-order chi connectivity index (χ1) is 13.4. The van der Waals surface area contributed by atoms with Crippen LogP contribution in [0.2, 0.25) is 0 Å². The van der Waals surface area contributed by atoms with Crippen molar-refractivity contribution in [2.24, 2.45) is 0 Å². The molecular weight excluding hydrogens is 361 g/mol. The number of carbonyl (C=O) groups excluding carboxylic acids is 1. The minimum Gasteiger partial charge on any atom is -0.342 e. The van der Waals surface area contributed by atoms with Crippen LogP contribution < -0.4 is 5.32 Å². The normalized spacial score (nSPS) is 11.3. The molecule has 0 radical (unpaired) electrons. The number of nitriles is 2. The predicted octanol–water partition coefficient (Wildman–Crippen LogP) is 2.34. The number of rotatable bonds is 4. The van der Waals surface area contributed by atoms with Gasteiger partial charge in [0.2, 0.25) is 0 Å². The maximum absolute atomic E-state index is 13.6. The average Bonchev–Trinajstić information content (AvgIpc) is 3.09. The molecule has 0 aliphatic rings. The lowest BCUT2D eigenvalue weighted by Crippen LogP contribution is -2.29. The van der Waals surface area contributed by atoms with Crippen molar-refractivity contribution in [3.8, 4) is 18.0 Å². The molecule has 2 aromatic heterocycles. The van der Waals surface area contributed by atoms with Crippen LogP contribution in [0.25, 0.3) is 5.82 Å². The third-order valence-corrected chi connectivity index (χ3v) is 3.86. The molecule has 1 atom stereocenters. The number of nitrogens with zero attached hydrogens (tertiary/aromatic N) is 6. The Morgan fingerprint density at radius 2 is 1.96 bits per heavy atom. The molecule has 0 aliphatic carbocycles. The number of aryl methyl sites for hydroxylation is 1. The van der Waals surface area contributed by atoms with Gasteiger partial charge in [0, 0.05) is 11.8 Å². The monoisotopic (exact) mass is 375 g/mol. The van der Waals surface area contributed by atoms with E-state index in [4.69, 9.17) is 10.5 Å². The summed E-state index contributed by atoms with van der Waals surface area (Å²) in [5.41, 5.74) is 0.490. The van der Waals surface area contributed by atoms with Crippen molar-refractivity contribution >= 4 is 5.91 Å². The largest absolute Gasteiger partial charge is 0.342 e. The Kier molecular flexibility index (Phi) is 5.10. The van der Waals surface area contributed by atoms with Crippen molar-refractivity contribution in [2.45, 2.75) is 19.9 Å². The molecule has 0 spiro atoms. The van der Waals surface area contributed by atoms with E-state index in [9.17, 15) is 9.18 Å². The Bertz CT molecular complexity index is 1120. The molecule has 0 aliphatic heterocycles. The van der Waals surface area contributed by atoms with E-state index in [1.165, 1.54) is 16.9 Å². The van der Waals surface area contributed by atoms with Gasteiger partial charge < -0.3 is 5.32 Å². The number of carbonyl (C=O) groups is 1. The van der Waals surface area contributed by atoms with Crippen molar-refractivity contribution in [3.63, 3.8) is 0 Å². The summed E-state index contributed by atoms with van der Waals surface area (Å²) >= 11 is 0. The summed E-state index contributed by atoms with van der Waals surface area (Å²) in [6, 6.07) is 9.86. The summed E-state index contributed by atoms with van der Waals surface area (Å²) in [7, 11) is 0. The Morgan fingerprint density at radius 1 is 1.21 bits per heavy atom. The molecule has 0 unspecified atom stereocenters. The van der Waals surface area contributed by atoms with E-state index >= 15 is 0 Å². The minimum absolute atomic E-state index is 0.0303. The number of amides is 1.